The second kappa shape index (κ2) is 11.1. The lowest BCUT2D eigenvalue weighted by atomic mass is 10.1. The van der Waals surface area contributed by atoms with E-state index in [2.05, 4.69) is 15.5 Å². The lowest BCUT2D eigenvalue weighted by Gasteiger charge is -2.36. The van der Waals surface area contributed by atoms with Gasteiger partial charge in [0.1, 0.15) is 5.56 Å². The van der Waals surface area contributed by atoms with Crippen LogP contribution in [-0.4, -0.2) is 52.9 Å². The molecule has 0 aromatic heterocycles. The van der Waals surface area contributed by atoms with E-state index >= 15 is 0 Å². The van der Waals surface area contributed by atoms with Crippen LogP contribution in [-0.2, 0) is 0 Å². The summed E-state index contributed by atoms with van der Waals surface area (Å²) in [5.41, 5.74) is 1.90. The van der Waals surface area contributed by atoms with Gasteiger partial charge in [0, 0.05) is 54.2 Å². The Bertz CT molecular complexity index is 1290. The van der Waals surface area contributed by atoms with Gasteiger partial charge in [-0.2, -0.15) is 0 Å². The molecule has 3 aromatic carbocycles. The van der Waals surface area contributed by atoms with Crippen molar-refractivity contribution in [2.24, 2.45) is 0 Å². The third-order valence-electron chi connectivity index (χ3n) is 5.72. The Morgan fingerprint density at radius 1 is 0.917 bits per heavy atom. The van der Waals surface area contributed by atoms with Crippen molar-refractivity contribution in [1.82, 2.24) is 10.2 Å². The number of thiocarbonyl (C=S) groups is 1. The normalized spacial score (nSPS) is 13.1. The lowest BCUT2D eigenvalue weighted by Crippen LogP contribution is -2.48. The van der Waals surface area contributed by atoms with Crippen molar-refractivity contribution < 1.29 is 14.5 Å². The average molecular weight is 524 g/mol. The number of para-hydroxylation sites is 1. The molecule has 1 saturated heterocycles. The third kappa shape index (κ3) is 5.96. The number of piperazine rings is 1. The number of nitrogens with zero attached hydrogens (tertiary/aromatic N) is 3. The second-order valence-corrected chi connectivity index (χ2v) is 8.86. The minimum atomic E-state index is -0.664. The number of amides is 2. The van der Waals surface area contributed by atoms with Gasteiger partial charge in [-0.25, -0.2) is 0 Å². The molecule has 2 N–H and O–H groups in total. The van der Waals surface area contributed by atoms with Crippen LogP contribution in [0.3, 0.4) is 0 Å². The van der Waals surface area contributed by atoms with E-state index in [9.17, 15) is 19.7 Å². The number of benzene rings is 3. The van der Waals surface area contributed by atoms with Gasteiger partial charge in [-0.05, 0) is 66.8 Å². The van der Waals surface area contributed by atoms with Gasteiger partial charge in [-0.1, -0.05) is 23.7 Å². The molecule has 1 aliphatic rings. The predicted molar refractivity (Wildman–Crippen MR) is 143 cm³/mol. The van der Waals surface area contributed by atoms with Gasteiger partial charge in [0.05, 0.1) is 4.92 Å². The number of rotatable bonds is 5. The first kappa shape index (κ1) is 25.1. The highest BCUT2D eigenvalue weighted by atomic mass is 35.5. The van der Waals surface area contributed by atoms with E-state index in [1.807, 2.05) is 29.2 Å². The fourth-order valence-corrected chi connectivity index (χ4v) is 4.19. The van der Waals surface area contributed by atoms with Gasteiger partial charge in [0.15, 0.2) is 5.11 Å². The summed E-state index contributed by atoms with van der Waals surface area (Å²) in [5, 5.41) is 17.2. The molecule has 0 saturated carbocycles. The third-order valence-corrected chi connectivity index (χ3v) is 6.18. The average Bonchev–Trinajstić information content (AvgIpc) is 2.89. The zero-order valence-corrected chi connectivity index (χ0v) is 20.6. The maximum absolute atomic E-state index is 12.7. The van der Waals surface area contributed by atoms with Crippen molar-refractivity contribution in [1.29, 1.82) is 0 Å². The Morgan fingerprint density at radius 2 is 1.56 bits per heavy atom. The van der Waals surface area contributed by atoms with Crippen molar-refractivity contribution in [3.63, 3.8) is 0 Å². The van der Waals surface area contributed by atoms with Crippen LogP contribution in [0, 0.1) is 10.1 Å². The second-order valence-electron chi connectivity index (χ2n) is 8.02. The quantitative estimate of drug-likeness (QED) is 0.291. The lowest BCUT2D eigenvalue weighted by molar-refractivity contribution is -0.385. The summed E-state index contributed by atoms with van der Waals surface area (Å²) < 4.78 is 0. The summed E-state index contributed by atoms with van der Waals surface area (Å²) in [5.74, 6) is -0.676. The molecule has 4 rings (SSSR count). The number of nitro benzene ring substituents is 1. The maximum Gasteiger partial charge on any atom is 0.282 e. The molecule has 3 aromatic rings. The molecule has 36 heavy (non-hydrogen) atoms. The summed E-state index contributed by atoms with van der Waals surface area (Å²) in [7, 11) is 0. The number of nitro groups is 1. The van der Waals surface area contributed by atoms with Crippen LogP contribution in [0.2, 0.25) is 5.02 Å². The monoisotopic (exact) mass is 523 g/mol. The Morgan fingerprint density at radius 3 is 2.19 bits per heavy atom. The van der Waals surface area contributed by atoms with Crippen LogP contribution in [0.5, 0.6) is 0 Å². The first-order valence-corrected chi connectivity index (χ1v) is 11.9. The van der Waals surface area contributed by atoms with E-state index in [0.29, 0.717) is 42.5 Å². The van der Waals surface area contributed by atoms with Crippen molar-refractivity contribution >= 4 is 57.8 Å². The highest BCUT2D eigenvalue weighted by Crippen LogP contribution is 2.21. The van der Waals surface area contributed by atoms with Crippen LogP contribution in [0.15, 0.2) is 72.8 Å². The highest BCUT2D eigenvalue weighted by molar-refractivity contribution is 7.80. The number of carbonyl (C=O) groups is 2. The number of anilines is 2. The van der Waals surface area contributed by atoms with Crippen LogP contribution >= 0.6 is 23.8 Å². The van der Waals surface area contributed by atoms with E-state index in [1.54, 1.807) is 30.3 Å². The minimum absolute atomic E-state index is 0.0118. The largest absolute Gasteiger partial charge is 0.368 e. The molecule has 0 atom stereocenters. The molecule has 1 heterocycles. The smallest absolute Gasteiger partial charge is 0.282 e. The van der Waals surface area contributed by atoms with E-state index in [4.69, 9.17) is 23.8 Å². The zero-order chi connectivity index (χ0) is 25.7. The molecule has 11 heteroatoms. The number of nitrogens with one attached hydrogen (secondary N) is 2. The Labute approximate surface area is 217 Å². The molecular weight excluding hydrogens is 502 g/mol. The molecule has 0 spiro atoms. The van der Waals surface area contributed by atoms with Crippen molar-refractivity contribution in [2.75, 3.05) is 36.4 Å². The molecule has 1 fully saturated rings. The highest BCUT2D eigenvalue weighted by Gasteiger charge is 2.23. The SMILES string of the molecule is O=C(NC(=S)Nc1ccc(N2CCN(C(=O)c3ccc(Cl)cc3)CC2)cc1)c1ccccc1[N+](=O)[O-]. The van der Waals surface area contributed by atoms with Gasteiger partial charge in [-0.15, -0.1) is 0 Å². The van der Waals surface area contributed by atoms with Gasteiger partial charge >= 0.3 is 0 Å². The van der Waals surface area contributed by atoms with Crippen LogP contribution in [0.25, 0.3) is 0 Å². The molecule has 0 radical (unpaired) electrons. The van der Waals surface area contributed by atoms with E-state index in [1.165, 1.54) is 18.2 Å². The van der Waals surface area contributed by atoms with E-state index in [0.717, 1.165) is 5.69 Å². The van der Waals surface area contributed by atoms with E-state index in [-0.39, 0.29) is 22.3 Å². The molecule has 1 aliphatic heterocycles. The summed E-state index contributed by atoms with van der Waals surface area (Å²) in [4.78, 5) is 39.7. The predicted octanol–water partition coefficient (Wildman–Crippen LogP) is 4.34. The fraction of sp³-hybridized carbons (Fsp3) is 0.160. The van der Waals surface area contributed by atoms with Gasteiger partial charge in [0.25, 0.3) is 17.5 Å². The first-order valence-electron chi connectivity index (χ1n) is 11.1. The molecular formula is C25H22ClN5O4S. The Hall–Kier alpha value is -4.02. The summed E-state index contributed by atoms with van der Waals surface area (Å²) in [6.45, 7) is 2.58. The number of hydrogen-bond donors (Lipinski definition) is 2. The summed E-state index contributed by atoms with van der Waals surface area (Å²) in [6, 6.07) is 20.0. The van der Waals surface area contributed by atoms with E-state index < -0.39 is 10.8 Å². The first-order chi connectivity index (χ1) is 17.3. The van der Waals surface area contributed by atoms with Crippen molar-refractivity contribution in [3.8, 4) is 0 Å². The zero-order valence-electron chi connectivity index (χ0n) is 19.0. The van der Waals surface area contributed by atoms with Crippen molar-refractivity contribution in [3.05, 3.63) is 99.1 Å². The Balaban J connectivity index is 1.30. The maximum atomic E-state index is 12.7. The van der Waals surface area contributed by atoms with Crippen LogP contribution in [0.4, 0.5) is 17.1 Å². The molecule has 0 unspecified atom stereocenters. The van der Waals surface area contributed by atoms with Gasteiger partial charge < -0.3 is 15.1 Å². The topological polar surface area (TPSA) is 108 Å². The van der Waals surface area contributed by atoms with Gasteiger partial charge in [0.2, 0.25) is 0 Å². The molecule has 0 bridgehead atoms. The van der Waals surface area contributed by atoms with Crippen LogP contribution < -0.4 is 15.5 Å². The minimum Gasteiger partial charge on any atom is -0.368 e. The molecule has 0 aliphatic carbocycles. The summed E-state index contributed by atoms with van der Waals surface area (Å²) >= 11 is 11.1. The number of halogens is 1. The molecule has 184 valence electrons. The standard InChI is InChI=1S/C25H22ClN5O4S/c26-18-7-5-17(6-8-18)24(33)30-15-13-29(14-16-30)20-11-9-19(10-12-20)27-25(36)28-23(32)21-3-1-2-4-22(21)31(34)35/h1-12H,13-16H2,(H2,27,28,32,36). The molecule has 2 amide bonds. The molecule has 9 nitrogen and oxygen atoms in total. The number of carbonyl (C=O) groups excluding carboxylic acids is 2. The Kier molecular flexibility index (Phi) is 7.77. The fourth-order valence-electron chi connectivity index (χ4n) is 3.86. The summed E-state index contributed by atoms with van der Waals surface area (Å²) in [6.07, 6.45) is 0. The van der Waals surface area contributed by atoms with Gasteiger partial charge in [-0.3, -0.25) is 25.0 Å². The van der Waals surface area contributed by atoms with Crippen molar-refractivity contribution in [2.45, 2.75) is 0 Å². The number of hydrogen-bond acceptors (Lipinski definition) is 6. The van der Waals surface area contributed by atoms with Crippen LogP contribution in [0.1, 0.15) is 20.7 Å².